The first-order valence-corrected chi connectivity index (χ1v) is 6.53. The lowest BCUT2D eigenvalue weighted by atomic mass is 9.86. The Morgan fingerprint density at radius 2 is 1.55 bits per heavy atom. The molecule has 0 amide bonds. The van der Waals surface area contributed by atoms with Crippen LogP contribution in [0.1, 0.15) is 18.4 Å². The number of alkyl halides is 6. The molecule has 22 heavy (non-hydrogen) atoms. The molecule has 0 spiro atoms. The summed E-state index contributed by atoms with van der Waals surface area (Å²) in [6.45, 7) is -1.00. The molecule has 1 unspecified atom stereocenters. The lowest BCUT2D eigenvalue weighted by Gasteiger charge is -2.33. The van der Waals surface area contributed by atoms with Gasteiger partial charge in [0.05, 0.1) is 12.2 Å². The summed E-state index contributed by atoms with van der Waals surface area (Å²) in [6.07, 6.45) is -12.9. The molecule has 1 N–H and O–H groups in total. The molecule has 1 heterocycles. The van der Waals surface area contributed by atoms with Crippen molar-refractivity contribution in [1.29, 1.82) is 0 Å². The van der Waals surface area contributed by atoms with Gasteiger partial charge in [0.2, 0.25) is 0 Å². The van der Waals surface area contributed by atoms with Gasteiger partial charge in [0.15, 0.2) is 0 Å². The van der Waals surface area contributed by atoms with Crippen LogP contribution in [-0.4, -0.2) is 35.3 Å². The molecular weight excluding hydrogens is 314 g/mol. The van der Waals surface area contributed by atoms with Crippen LogP contribution in [0.25, 0.3) is 0 Å². The van der Waals surface area contributed by atoms with Gasteiger partial charge in [-0.3, -0.25) is 0 Å². The van der Waals surface area contributed by atoms with Gasteiger partial charge in [-0.05, 0) is 18.4 Å². The van der Waals surface area contributed by atoms with Crippen LogP contribution in [0, 0.1) is 0 Å². The van der Waals surface area contributed by atoms with E-state index < -0.39 is 36.6 Å². The molecule has 1 fully saturated rings. The molecule has 1 aromatic carbocycles. The first-order valence-electron chi connectivity index (χ1n) is 6.53. The van der Waals surface area contributed by atoms with E-state index >= 15 is 0 Å². The number of ether oxygens (including phenoxy) is 1. The number of aliphatic hydroxyl groups is 1. The van der Waals surface area contributed by atoms with Crippen molar-refractivity contribution in [3.05, 3.63) is 35.9 Å². The quantitative estimate of drug-likeness (QED) is 0.859. The van der Waals surface area contributed by atoms with E-state index in [-0.39, 0.29) is 12.8 Å². The highest BCUT2D eigenvalue weighted by molar-refractivity contribution is 5.16. The lowest BCUT2D eigenvalue weighted by Crippen LogP contribution is -2.57. The number of benzene rings is 1. The Balaban J connectivity index is 2.15. The molecule has 1 atom stereocenters. The third-order valence-corrected chi connectivity index (χ3v) is 3.80. The zero-order chi connectivity index (χ0) is 16.6. The molecule has 0 aromatic heterocycles. The molecule has 1 aromatic rings. The summed E-state index contributed by atoms with van der Waals surface area (Å²) >= 11 is 0. The van der Waals surface area contributed by atoms with Gasteiger partial charge >= 0.3 is 12.4 Å². The van der Waals surface area contributed by atoms with Crippen LogP contribution in [0.4, 0.5) is 26.3 Å². The summed E-state index contributed by atoms with van der Waals surface area (Å²) in [5.74, 6) is 0. The Kier molecular flexibility index (Phi) is 4.20. The summed E-state index contributed by atoms with van der Waals surface area (Å²) in [5, 5.41) is 10.1. The fourth-order valence-corrected chi connectivity index (χ4v) is 2.53. The smallest absolute Gasteiger partial charge is 0.387 e. The Labute approximate surface area is 122 Å². The van der Waals surface area contributed by atoms with E-state index in [1.54, 1.807) is 30.3 Å². The summed E-state index contributed by atoms with van der Waals surface area (Å²) in [7, 11) is 0. The van der Waals surface area contributed by atoms with Crippen molar-refractivity contribution >= 4 is 0 Å². The lowest BCUT2D eigenvalue weighted by molar-refractivity contribution is -0.368. The average molecular weight is 328 g/mol. The van der Waals surface area contributed by atoms with Crippen LogP contribution in [0.15, 0.2) is 30.3 Å². The maximum Gasteiger partial charge on any atom is 0.426 e. The third kappa shape index (κ3) is 3.08. The minimum atomic E-state index is -5.64. The first kappa shape index (κ1) is 17.1. The summed E-state index contributed by atoms with van der Waals surface area (Å²) in [5.41, 5.74) is -5.75. The minimum Gasteiger partial charge on any atom is -0.387 e. The van der Waals surface area contributed by atoms with E-state index in [1.807, 2.05) is 0 Å². The molecule has 0 saturated carbocycles. The molecule has 124 valence electrons. The molecule has 2 nitrogen and oxygen atoms in total. The van der Waals surface area contributed by atoms with Crippen molar-refractivity contribution in [3.63, 3.8) is 0 Å². The van der Waals surface area contributed by atoms with Gasteiger partial charge in [-0.1, -0.05) is 30.3 Å². The van der Waals surface area contributed by atoms with E-state index in [1.165, 1.54) is 0 Å². The normalized spacial score (nSPS) is 25.4. The van der Waals surface area contributed by atoms with E-state index in [0.29, 0.717) is 5.56 Å². The van der Waals surface area contributed by atoms with Crippen molar-refractivity contribution in [2.24, 2.45) is 0 Å². The summed E-state index contributed by atoms with van der Waals surface area (Å²) in [6, 6.07) is 8.48. The predicted octanol–water partition coefficient (Wildman–Crippen LogP) is 3.63. The van der Waals surface area contributed by atoms with E-state index in [2.05, 4.69) is 4.74 Å². The Bertz CT molecular complexity index is 496. The molecule has 1 aliphatic heterocycles. The molecular formula is C14H14F6O2. The summed E-state index contributed by atoms with van der Waals surface area (Å²) < 4.78 is 81.2. The number of halogens is 6. The Hall–Kier alpha value is -1.28. The van der Waals surface area contributed by atoms with Gasteiger partial charge in [0.25, 0.3) is 5.60 Å². The van der Waals surface area contributed by atoms with Gasteiger partial charge in [0, 0.05) is 6.42 Å². The van der Waals surface area contributed by atoms with Gasteiger partial charge in [-0.2, -0.15) is 26.3 Å². The fraction of sp³-hybridized carbons (Fsp3) is 0.571. The molecule has 0 aliphatic carbocycles. The maximum absolute atomic E-state index is 12.9. The minimum absolute atomic E-state index is 0.159. The van der Waals surface area contributed by atoms with Crippen molar-refractivity contribution in [1.82, 2.24) is 0 Å². The monoisotopic (exact) mass is 328 g/mol. The van der Waals surface area contributed by atoms with Gasteiger partial charge in [-0.25, -0.2) is 0 Å². The van der Waals surface area contributed by atoms with Crippen molar-refractivity contribution < 1.29 is 36.2 Å². The van der Waals surface area contributed by atoms with Crippen LogP contribution >= 0.6 is 0 Å². The SMILES string of the molecule is OC1(CCc2ccccc2)COC(C(F)(F)F)(C(F)(F)F)C1. The second-order valence-electron chi connectivity index (χ2n) is 5.50. The van der Waals surface area contributed by atoms with E-state index in [4.69, 9.17) is 0 Å². The van der Waals surface area contributed by atoms with Gasteiger partial charge in [-0.15, -0.1) is 0 Å². The average Bonchev–Trinajstić information content (AvgIpc) is 2.77. The highest BCUT2D eigenvalue weighted by Crippen LogP contribution is 2.54. The fourth-order valence-electron chi connectivity index (χ4n) is 2.53. The topological polar surface area (TPSA) is 29.5 Å². The Morgan fingerprint density at radius 1 is 1.00 bits per heavy atom. The highest BCUT2D eigenvalue weighted by atomic mass is 19.4. The standard InChI is InChI=1S/C14H14F6O2/c15-13(16,17)12(14(18,19)20)8-11(21,9-22-12)7-6-10-4-2-1-3-5-10/h1-5,21H,6-9H2. The molecule has 0 radical (unpaired) electrons. The Morgan fingerprint density at radius 3 is 2.00 bits per heavy atom. The molecule has 1 saturated heterocycles. The highest BCUT2D eigenvalue weighted by Gasteiger charge is 2.76. The van der Waals surface area contributed by atoms with Crippen LogP contribution in [0.2, 0.25) is 0 Å². The maximum atomic E-state index is 12.9. The second kappa shape index (κ2) is 5.42. The number of aryl methyl sites for hydroxylation is 1. The zero-order valence-electron chi connectivity index (χ0n) is 11.3. The number of rotatable bonds is 3. The summed E-state index contributed by atoms with van der Waals surface area (Å²) in [4.78, 5) is 0. The molecule has 8 heteroatoms. The zero-order valence-corrected chi connectivity index (χ0v) is 11.3. The molecule has 2 rings (SSSR count). The first-order chi connectivity index (χ1) is 9.99. The van der Waals surface area contributed by atoms with Crippen molar-refractivity contribution in [3.8, 4) is 0 Å². The third-order valence-electron chi connectivity index (χ3n) is 3.80. The van der Waals surface area contributed by atoms with Crippen molar-refractivity contribution in [2.45, 2.75) is 42.8 Å². The molecule has 0 bridgehead atoms. The van der Waals surface area contributed by atoms with E-state index in [9.17, 15) is 31.4 Å². The van der Waals surface area contributed by atoms with Gasteiger partial charge < -0.3 is 9.84 Å². The van der Waals surface area contributed by atoms with E-state index in [0.717, 1.165) is 0 Å². The number of hydrogen-bond acceptors (Lipinski definition) is 2. The second-order valence-corrected chi connectivity index (χ2v) is 5.50. The van der Waals surface area contributed by atoms with Crippen molar-refractivity contribution in [2.75, 3.05) is 6.61 Å². The van der Waals surface area contributed by atoms with Gasteiger partial charge in [0.1, 0.15) is 0 Å². The number of hydrogen-bond donors (Lipinski definition) is 1. The van der Waals surface area contributed by atoms with Crippen LogP contribution in [0.5, 0.6) is 0 Å². The predicted molar refractivity (Wildman–Crippen MR) is 65.1 cm³/mol. The van der Waals surface area contributed by atoms with Crippen LogP contribution in [-0.2, 0) is 11.2 Å². The largest absolute Gasteiger partial charge is 0.426 e. The molecule has 1 aliphatic rings. The van der Waals surface area contributed by atoms with Crippen LogP contribution in [0.3, 0.4) is 0 Å². The van der Waals surface area contributed by atoms with Crippen LogP contribution < -0.4 is 0 Å².